The van der Waals surface area contributed by atoms with Gasteiger partial charge in [0.25, 0.3) is 5.91 Å². The summed E-state index contributed by atoms with van der Waals surface area (Å²) in [6.07, 6.45) is 1.07. The van der Waals surface area contributed by atoms with E-state index < -0.39 is 11.6 Å². The Bertz CT molecular complexity index is 928. The summed E-state index contributed by atoms with van der Waals surface area (Å²) in [5.74, 6) is 0.961. The average molecular weight is 380 g/mol. The van der Waals surface area contributed by atoms with E-state index in [-0.39, 0.29) is 11.8 Å². The number of methoxy groups -OCH3 is 2. The molecule has 146 valence electrons. The fourth-order valence-electron chi connectivity index (χ4n) is 4.40. The van der Waals surface area contributed by atoms with Crippen molar-refractivity contribution in [3.63, 3.8) is 0 Å². The van der Waals surface area contributed by atoms with Crippen LogP contribution in [0.3, 0.4) is 0 Å². The molecule has 2 aromatic rings. The number of hydrogen-bond donors (Lipinski definition) is 1. The van der Waals surface area contributed by atoms with Crippen LogP contribution in [0.4, 0.5) is 0 Å². The van der Waals surface area contributed by atoms with Gasteiger partial charge in [0.15, 0.2) is 17.0 Å². The van der Waals surface area contributed by atoms with Gasteiger partial charge in [-0.3, -0.25) is 9.59 Å². The Morgan fingerprint density at radius 1 is 1.11 bits per heavy atom. The minimum atomic E-state index is -1.10. The number of nitrogens with zero attached hydrogens (tertiary/aromatic N) is 1. The summed E-state index contributed by atoms with van der Waals surface area (Å²) in [6.45, 7) is 2.22. The van der Waals surface area contributed by atoms with Crippen molar-refractivity contribution in [2.45, 2.75) is 31.3 Å². The van der Waals surface area contributed by atoms with Crippen LogP contribution in [-0.2, 0) is 28.0 Å². The largest absolute Gasteiger partial charge is 0.493 e. The summed E-state index contributed by atoms with van der Waals surface area (Å²) in [6, 6.07) is 13.0. The van der Waals surface area contributed by atoms with Gasteiger partial charge in [-0.2, -0.15) is 0 Å². The molecule has 0 aromatic heterocycles. The highest BCUT2D eigenvalue weighted by Gasteiger charge is 2.55. The molecule has 2 aromatic carbocycles. The zero-order valence-corrected chi connectivity index (χ0v) is 16.3. The van der Waals surface area contributed by atoms with Crippen LogP contribution in [0.25, 0.3) is 0 Å². The first-order valence-corrected chi connectivity index (χ1v) is 9.43. The number of carbonyl (C=O) groups is 2. The lowest BCUT2D eigenvalue weighted by molar-refractivity contribution is -0.159. The number of ether oxygens (including phenoxy) is 2. The molecular formula is C22H24N2O4. The zero-order chi connectivity index (χ0) is 19.9. The summed E-state index contributed by atoms with van der Waals surface area (Å²) in [5, 5.41) is 2.89. The van der Waals surface area contributed by atoms with Crippen LogP contribution in [0.2, 0.25) is 0 Å². The molecule has 1 saturated heterocycles. The highest BCUT2D eigenvalue weighted by Crippen LogP contribution is 2.45. The molecule has 1 fully saturated rings. The molecule has 0 bridgehead atoms. The number of amides is 2. The van der Waals surface area contributed by atoms with Gasteiger partial charge in [-0.25, -0.2) is 0 Å². The first kappa shape index (κ1) is 18.3. The first-order valence-electron chi connectivity index (χ1n) is 9.43. The molecule has 2 aliphatic rings. The second-order valence-corrected chi connectivity index (χ2v) is 7.32. The van der Waals surface area contributed by atoms with Crippen LogP contribution in [0, 0.1) is 0 Å². The number of carbonyl (C=O) groups excluding carboxylic acids is 2. The lowest BCUT2D eigenvalue weighted by Gasteiger charge is -2.51. The predicted octanol–water partition coefficient (Wildman–Crippen LogP) is 2.04. The van der Waals surface area contributed by atoms with E-state index in [2.05, 4.69) is 5.32 Å². The van der Waals surface area contributed by atoms with Crippen LogP contribution in [0.1, 0.15) is 23.6 Å². The number of fused-ring (bicyclic) bond motifs is 3. The number of rotatable bonds is 4. The Balaban J connectivity index is 1.95. The van der Waals surface area contributed by atoms with Crippen molar-refractivity contribution in [3.05, 3.63) is 59.2 Å². The third-order valence-corrected chi connectivity index (χ3v) is 5.78. The summed E-state index contributed by atoms with van der Waals surface area (Å²) >= 11 is 0. The predicted molar refractivity (Wildman–Crippen MR) is 104 cm³/mol. The Hall–Kier alpha value is -3.02. The van der Waals surface area contributed by atoms with Crippen molar-refractivity contribution in [1.29, 1.82) is 0 Å². The van der Waals surface area contributed by atoms with E-state index in [9.17, 15) is 9.59 Å². The van der Waals surface area contributed by atoms with E-state index in [4.69, 9.17) is 9.47 Å². The third kappa shape index (κ3) is 2.63. The van der Waals surface area contributed by atoms with Crippen molar-refractivity contribution in [3.8, 4) is 11.5 Å². The molecule has 1 N–H and O–H groups in total. The molecule has 6 heteroatoms. The monoisotopic (exact) mass is 380 g/mol. The van der Waals surface area contributed by atoms with Gasteiger partial charge in [0.2, 0.25) is 5.91 Å². The van der Waals surface area contributed by atoms with Crippen LogP contribution in [-0.4, -0.2) is 43.5 Å². The highest BCUT2D eigenvalue weighted by molar-refractivity contribution is 6.01. The molecule has 2 amide bonds. The van der Waals surface area contributed by atoms with E-state index >= 15 is 0 Å². The molecule has 0 spiro atoms. The normalized spacial score (nSPS) is 23.5. The second-order valence-electron chi connectivity index (χ2n) is 7.32. The SMILES string of the molecule is COc1cc2c(cc1OC)[C@]1(Cc3ccccc3)C(=O)N[C@@H](C)C(=O)N1CC2. The Morgan fingerprint density at radius 2 is 1.79 bits per heavy atom. The summed E-state index contributed by atoms with van der Waals surface area (Å²) < 4.78 is 10.9. The molecule has 6 nitrogen and oxygen atoms in total. The maximum Gasteiger partial charge on any atom is 0.251 e. The van der Waals surface area contributed by atoms with E-state index in [1.165, 1.54) is 0 Å². The lowest BCUT2D eigenvalue weighted by atomic mass is 9.74. The molecule has 2 heterocycles. The molecule has 0 radical (unpaired) electrons. The average Bonchev–Trinajstić information content (AvgIpc) is 2.72. The van der Waals surface area contributed by atoms with Gasteiger partial charge in [0, 0.05) is 13.0 Å². The molecule has 2 aliphatic heterocycles. The van der Waals surface area contributed by atoms with Gasteiger partial charge in [-0.15, -0.1) is 0 Å². The smallest absolute Gasteiger partial charge is 0.251 e. The van der Waals surface area contributed by atoms with Gasteiger partial charge in [-0.05, 0) is 42.2 Å². The third-order valence-electron chi connectivity index (χ3n) is 5.78. The van der Waals surface area contributed by atoms with Crippen LogP contribution in [0.5, 0.6) is 11.5 Å². The number of nitrogens with one attached hydrogen (secondary N) is 1. The Morgan fingerprint density at radius 3 is 2.46 bits per heavy atom. The highest BCUT2D eigenvalue weighted by atomic mass is 16.5. The number of benzene rings is 2. The summed E-state index contributed by atoms with van der Waals surface area (Å²) in [7, 11) is 3.17. The first-order chi connectivity index (χ1) is 13.5. The second kappa shape index (κ2) is 6.86. The van der Waals surface area contributed by atoms with Crippen molar-refractivity contribution in [2.24, 2.45) is 0 Å². The Kier molecular flexibility index (Phi) is 4.49. The maximum absolute atomic E-state index is 13.5. The van der Waals surface area contributed by atoms with E-state index in [1.807, 2.05) is 42.5 Å². The van der Waals surface area contributed by atoms with Crippen LogP contribution < -0.4 is 14.8 Å². The number of piperazine rings is 1. The van der Waals surface area contributed by atoms with Gasteiger partial charge >= 0.3 is 0 Å². The van der Waals surface area contributed by atoms with Crippen LogP contribution >= 0.6 is 0 Å². The standard InChI is InChI=1S/C22H24N2O4/c1-14-20(25)24-10-9-16-11-18(27-2)19(28-3)12-17(16)22(24,21(26)23-14)13-15-7-5-4-6-8-15/h4-8,11-12,14H,9-10,13H2,1-3H3,(H,23,26)/t14-,22+/m0/s1. The molecule has 0 saturated carbocycles. The quantitative estimate of drug-likeness (QED) is 0.882. The van der Waals surface area contributed by atoms with Crippen molar-refractivity contribution in [2.75, 3.05) is 20.8 Å². The van der Waals surface area contributed by atoms with E-state index in [1.54, 1.807) is 26.0 Å². The molecule has 4 rings (SSSR count). The molecule has 2 atom stereocenters. The fraction of sp³-hybridized carbons (Fsp3) is 0.364. The van der Waals surface area contributed by atoms with Gasteiger partial charge in [0.1, 0.15) is 6.04 Å². The van der Waals surface area contributed by atoms with Crippen molar-refractivity contribution < 1.29 is 19.1 Å². The van der Waals surface area contributed by atoms with Gasteiger partial charge < -0.3 is 19.7 Å². The van der Waals surface area contributed by atoms with Crippen molar-refractivity contribution >= 4 is 11.8 Å². The minimum absolute atomic E-state index is 0.0593. The molecule has 28 heavy (non-hydrogen) atoms. The van der Waals surface area contributed by atoms with E-state index in [0.717, 1.165) is 16.7 Å². The maximum atomic E-state index is 13.5. The van der Waals surface area contributed by atoms with Gasteiger partial charge in [0.05, 0.1) is 14.2 Å². The minimum Gasteiger partial charge on any atom is -0.493 e. The fourth-order valence-corrected chi connectivity index (χ4v) is 4.40. The van der Waals surface area contributed by atoms with E-state index in [0.29, 0.717) is 30.9 Å². The van der Waals surface area contributed by atoms with Crippen LogP contribution in [0.15, 0.2) is 42.5 Å². The van der Waals surface area contributed by atoms with Gasteiger partial charge in [-0.1, -0.05) is 30.3 Å². The molecular weight excluding hydrogens is 356 g/mol. The topological polar surface area (TPSA) is 67.9 Å². The lowest BCUT2D eigenvalue weighted by Crippen LogP contribution is -2.70. The number of hydrogen-bond acceptors (Lipinski definition) is 4. The zero-order valence-electron chi connectivity index (χ0n) is 16.3. The molecule has 0 aliphatic carbocycles. The summed E-state index contributed by atoms with van der Waals surface area (Å²) in [4.78, 5) is 28.2. The summed E-state index contributed by atoms with van der Waals surface area (Å²) in [5.41, 5.74) is 1.70. The Labute approximate surface area is 164 Å². The molecule has 0 unspecified atom stereocenters. The van der Waals surface area contributed by atoms with Crippen molar-refractivity contribution in [1.82, 2.24) is 10.2 Å².